The van der Waals surface area contributed by atoms with E-state index in [2.05, 4.69) is 17.1 Å². The van der Waals surface area contributed by atoms with E-state index in [4.69, 9.17) is 14.2 Å². The minimum atomic E-state index is -0.324. The van der Waals surface area contributed by atoms with Gasteiger partial charge in [0.2, 0.25) is 0 Å². The van der Waals surface area contributed by atoms with Crippen LogP contribution in [-0.2, 0) is 9.47 Å². The molecule has 35 heavy (non-hydrogen) atoms. The lowest BCUT2D eigenvalue weighted by atomic mass is 10.1. The van der Waals surface area contributed by atoms with Crippen LogP contribution in [0.3, 0.4) is 0 Å². The summed E-state index contributed by atoms with van der Waals surface area (Å²) in [5.74, 6) is 0.222. The Balaban J connectivity index is 1.30. The summed E-state index contributed by atoms with van der Waals surface area (Å²) in [6.07, 6.45) is 3.71. The summed E-state index contributed by atoms with van der Waals surface area (Å²) in [6.45, 7) is 6.43. The Labute approximate surface area is 207 Å². The Hall–Kier alpha value is -2.68. The lowest BCUT2D eigenvalue weighted by molar-refractivity contribution is -0.0461. The van der Waals surface area contributed by atoms with Crippen molar-refractivity contribution in [2.75, 3.05) is 56.3 Å². The number of hydrogen-bond acceptors (Lipinski definition) is 6. The zero-order valence-corrected chi connectivity index (χ0v) is 20.7. The molecule has 0 aromatic heterocycles. The molecule has 8 heteroatoms. The molecule has 1 N–H and O–H groups in total. The van der Waals surface area contributed by atoms with Crippen LogP contribution in [0.15, 0.2) is 42.5 Å². The quantitative estimate of drug-likeness (QED) is 0.481. The zero-order valence-electron chi connectivity index (χ0n) is 20.7. The number of nitrogens with one attached hydrogen (secondary N) is 1. The minimum Gasteiger partial charge on any atom is -0.494 e. The second-order valence-corrected chi connectivity index (χ2v) is 9.07. The molecule has 2 heterocycles. The predicted octanol–water partition coefficient (Wildman–Crippen LogP) is 4.21. The summed E-state index contributed by atoms with van der Waals surface area (Å²) < 4.78 is 31.7. The number of rotatable bonds is 11. The van der Waals surface area contributed by atoms with E-state index in [1.54, 1.807) is 43.4 Å². The normalized spacial score (nSPS) is 18.3. The summed E-state index contributed by atoms with van der Waals surface area (Å²) in [7, 11) is 1.66. The molecular formula is C27H36FN3O4. The largest absolute Gasteiger partial charge is 0.494 e. The van der Waals surface area contributed by atoms with Crippen LogP contribution in [0.25, 0.3) is 0 Å². The van der Waals surface area contributed by atoms with Crippen LogP contribution in [0, 0.1) is 5.82 Å². The molecule has 2 aromatic carbocycles. The first kappa shape index (κ1) is 25.4. The number of carbonyl (C=O) groups excluding carboxylic acids is 1. The van der Waals surface area contributed by atoms with Crippen molar-refractivity contribution in [3.05, 3.63) is 53.8 Å². The van der Waals surface area contributed by atoms with Crippen molar-refractivity contribution in [1.82, 2.24) is 5.32 Å². The molecule has 2 saturated heterocycles. The topological polar surface area (TPSA) is 63.3 Å². The van der Waals surface area contributed by atoms with Crippen molar-refractivity contribution < 1.29 is 23.4 Å². The van der Waals surface area contributed by atoms with E-state index in [0.29, 0.717) is 42.8 Å². The average Bonchev–Trinajstić information content (AvgIpc) is 3.56. The fraction of sp³-hybridized carbons (Fsp3) is 0.519. The monoisotopic (exact) mass is 485 g/mol. The van der Waals surface area contributed by atoms with Gasteiger partial charge in [0.25, 0.3) is 5.91 Å². The van der Waals surface area contributed by atoms with Crippen LogP contribution in [-0.4, -0.2) is 64.7 Å². The number of halogens is 1. The van der Waals surface area contributed by atoms with Crippen molar-refractivity contribution in [3.63, 3.8) is 0 Å². The van der Waals surface area contributed by atoms with Gasteiger partial charge in [-0.1, -0.05) is 13.3 Å². The number of carbonyl (C=O) groups is 1. The molecule has 1 amide bonds. The molecule has 0 aliphatic carbocycles. The maximum absolute atomic E-state index is 15.1. The van der Waals surface area contributed by atoms with E-state index in [-0.39, 0.29) is 18.0 Å². The molecule has 4 rings (SSSR count). The van der Waals surface area contributed by atoms with Gasteiger partial charge < -0.3 is 29.3 Å². The van der Waals surface area contributed by atoms with Gasteiger partial charge in [-0.05, 0) is 55.3 Å². The van der Waals surface area contributed by atoms with Gasteiger partial charge in [-0.25, -0.2) is 4.39 Å². The Morgan fingerprint density at radius 2 is 1.97 bits per heavy atom. The molecule has 2 aliphatic rings. The average molecular weight is 486 g/mol. The fourth-order valence-corrected chi connectivity index (χ4v) is 4.42. The summed E-state index contributed by atoms with van der Waals surface area (Å²) in [5, 5.41) is 3.52. The van der Waals surface area contributed by atoms with Crippen LogP contribution in [0.4, 0.5) is 15.8 Å². The van der Waals surface area contributed by atoms with Crippen molar-refractivity contribution in [3.8, 4) is 5.75 Å². The molecule has 1 atom stereocenters. The molecule has 1 unspecified atom stereocenters. The predicted molar refractivity (Wildman–Crippen MR) is 135 cm³/mol. The molecule has 0 radical (unpaired) electrons. The molecule has 0 bridgehead atoms. The third-order valence-corrected chi connectivity index (χ3v) is 6.52. The van der Waals surface area contributed by atoms with E-state index in [9.17, 15) is 4.79 Å². The molecule has 2 fully saturated rings. The SMILES string of the molecule is CCCCOc1ccc(C(=O)N(C)c2ccc(N3CCC(NCCC4OCCO4)C3)c(F)c2)cc1. The molecule has 7 nitrogen and oxygen atoms in total. The Morgan fingerprint density at radius 1 is 1.20 bits per heavy atom. The number of amides is 1. The smallest absolute Gasteiger partial charge is 0.258 e. The van der Waals surface area contributed by atoms with Gasteiger partial charge in [-0.3, -0.25) is 4.79 Å². The Kier molecular flexibility index (Phi) is 8.95. The third kappa shape index (κ3) is 6.72. The van der Waals surface area contributed by atoms with Crippen molar-refractivity contribution in [2.45, 2.75) is 44.9 Å². The van der Waals surface area contributed by atoms with Gasteiger partial charge in [-0.15, -0.1) is 0 Å². The van der Waals surface area contributed by atoms with Crippen LogP contribution in [0.2, 0.25) is 0 Å². The number of nitrogens with zero attached hydrogens (tertiary/aromatic N) is 2. The van der Waals surface area contributed by atoms with Gasteiger partial charge in [0, 0.05) is 50.4 Å². The van der Waals surface area contributed by atoms with Gasteiger partial charge in [0.1, 0.15) is 11.6 Å². The number of unbranched alkanes of at least 4 members (excludes halogenated alkanes) is 1. The Morgan fingerprint density at radius 3 is 2.69 bits per heavy atom. The highest BCUT2D eigenvalue weighted by molar-refractivity contribution is 6.05. The highest BCUT2D eigenvalue weighted by atomic mass is 19.1. The number of benzene rings is 2. The molecule has 0 spiro atoms. The second-order valence-electron chi connectivity index (χ2n) is 9.07. The molecule has 2 aromatic rings. The van der Waals surface area contributed by atoms with Crippen LogP contribution in [0.5, 0.6) is 5.75 Å². The van der Waals surface area contributed by atoms with Gasteiger partial charge in [0.15, 0.2) is 6.29 Å². The highest BCUT2D eigenvalue weighted by Crippen LogP contribution is 2.28. The third-order valence-electron chi connectivity index (χ3n) is 6.52. The fourth-order valence-electron chi connectivity index (χ4n) is 4.42. The highest BCUT2D eigenvalue weighted by Gasteiger charge is 2.25. The maximum atomic E-state index is 15.1. The summed E-state index contributed by atoms with van der Waals surface area (Å²) in [5.41, 5.74) is 1.61. The van der Waals surface area contributed by atoms with E-state index < -0.39 is 0 Å². The van der Waals surface area contributed by atoms with Crippen molar-refractivity contribution in [2.24, 2.45) is 0 Å². The number of hydrogen-bond donors (Lipinski definition) is 1. The second kappa shape index (κ2) is 12.3. The Bertz CT molecular complexity index is 965. The summed E-state index contributed by atoms with van der Waals surface area (Å²) in [6, 6.07) is 12.4. The first-order chi connectivity index (χ1) is 17.0. The van der Waals surface area contributed by atoms with E-state index in [1.807, 2.05) is 0 Å². The first-order valence-electron chi connectivity index (χ1n) is 12.6. The zero-order chi connectivity index (χ0) is 24.6. The van der Waals surface area contributed by atoms with E-state index >= 15 is 4.39 Å². The number of ether oxygens (including phenoxy) is 3. The van der Waals surface area contributed by atoms with Gasteiger partial charge in [0.05, 0.1) is 25.5 Å². The standard InChI is InChI=1S/C27H36FN3O4/c1-3-4-15-33-23-8-5-20(6-9-23)27(32)30(2)22-7-10-25(24(28)18-22)31-14-12-21(19-31)29-13-11-26-34-16-17-35-26/h5-10,18,21,26,29H,3-4,11-17,19H2,1-2H3. The molecule has 0 saturated carbocycles. The minimum absolute atomic E-state index is 0.109. The van der Waals surface area contributed by atoms with Crippen molar-refractivity contribution >= 4 is 17.3 Å². The molecule has 2 aliphatic heterocycles. The van der Waals surface area contributed by atoms with Gasteiger partial charge in [-0.2, -0.15) is 0 Å². The lowest BCUT2D eigenvalue weighted by Gasteiger charge is -2.23. The van der Waals surface area contributed by atoms with E-state index in [0.717, 1.165) is 51.1 Å². The summed E-state index contributed by atoms with van der Waals surface area (Å²) >= 11 is 0. The van der Waals surface area contributed by atoms with Crippen LogP contribution < -0.4 is 19.9 Å². The maximum Gasteiger partial charge on any atom is 0.258 e. The van der Waals surface area contributed by atoms with E-state index in [1.165, 1.54) is 11.0 Å². The summed E-state index contributed by atoms with van der Waals surface area (Å²) in [4.78, 5) is 16.5. The number of anilines is 2. The first-order valence-corrected chi connectivity index (χ1v) is 12.6. The van der Waals surface area contributed by atoms with Crippen LogP contribution in [0.1, 0.15) is 43.0 Å². The van der Waals surface area contributed by atoms with Crippen molar-refractivity contribution in [1.29, 1.82) is 0 Å². The van der Waals surface area contributed by atoms with Gasteiger partial charge >= 0.3 is 0 Å². The molecule has 190 valence electrons. The lowest BCUT2D eigenvalue weighted by Crippen LogP contribution is -2.34. The van der Waals surface area contributed by atoms with Crippen LogP contribution >= 0.6 is 0 Å². The molecular weight excluding hydrogens is 449 g/mol.